The van der Waals surface area contributed by atoms with E-state index in [1.54, 1.807) is 4.90 Å². The molecule has 0 atom stereocenters. The highest BCUT2D eigenvalue weighted by molar-refractivity contribution is 5.88. The van der Waals surface area contributed by atoms with E-state index in [1.165, 1.54) is 19.5 Å². The van der Waals surface area contributed by atoms with E-state index in [1.807, 2.05) is 25.7 Å². The Balaban J connectivity index is 1.91. The Morgan fingerprint density at radius 2 is 1.65 bits per heavy atom. The van der Waals surface area contributed by atoms with E-state index in [0.717, 1.165) is 0 Å². The van der Waals surface area contributed by atoms with Gasteiger partial charge in [-0.05, 0) is 20.8 Å². The van der Waals surface area contributed by atoms with E-state index in [9.17, 15) is 9.59 Å². The van der Waals surface area contributed by atoms with Crippen LogP contribution in [0.3, 0.4) is 0 Å². The summed E-state index contributed by atoms with van der Waals surface area (Å²) < 4.78 is 9.97. The predicted molar refractivity (Wildman–Crippen MR) is 83.4 cm³/mol. The molecule has 2 rings (SSSR count). The van der Waals surface area contributed by atoms with Crippen molar-refractivity contribution < 1.29 is 19.1 Å². The fourth-order valence-corrected chi connectivity index (χ4v) is 2.12. The van der Waals surface area contributed by atoms with Gasteiger partial charge in [0, 0.05) is 38.6 Å². The molecule has 8 heteroatoms. The number of piperazine rings is 1. The molecule has 0 N–H and O–H groups in total. The van der Waals surface area contributed by atoms with Crippen LogP contribution in [0.25, 0.3) is 0 Å². The minimum atomic E-state index is -0.499. The van der Waals surface area contributed by atoms with Gasteiger partial charge in [-0.2, -0.15) is 0 Å². The Hall–Kier alpha value is -2.38. The molecule has 1 amide bonds. The van der Waals surface area contributed by atoms with Crippen LogP contribution >= 0.6 is 0 Å². The monoisotopic (exact) mass is 322 g/mol. The van der Waals surface area contributed by atoms with Crippen LogP contribution in [0, 0.1) is 0 Å². The van der Waals surface area contributed by atoms with Gasteiger partial charge < -0.3 is 19.3 Å². The zero-order valence-electron chi connectivity index (χ0n) is 13.9. The number of aromatic nitrogens is 2. The van der Waals surface area contributed by atoms with Crippen molar-refractivity contribution in [3.05, 3.63) is 18.0 Å². The highest BCUT2D eigenvalue weighted by atomic mass is 16.6. The highest BCUT2D eigenvalue weighted by Gasteiger charge is 2.26. The van der Waals surface area contributed by atoms with E-state index >= 15 is 0 Å². The maximum atomic E-state index is 12.0. The largest absolute Gasteiger partial charge is 0.465 e. The molecule has 0 unspecified atom stereocenters. The van der Waals surface area contributed by atoms with Crippen LogP contribution in [-0.2, 0) is 9.47 Å². The Bertz CT molecular complexity index is 560. The molecule has 23 heavy (non-hydrogen) atoms. The Labute approximate surface area is 135 Å². The first-order chi connectivity index (χ1) is 10.8. The summed E-state index contributed by atoms with van der Waals surface area (Å²) in [5, 5.41) is 0. The molecule has 0 radical (unpaired) electrons. The fourth-order valence-electron chi connectivity index (χ4n) is 2.12. The van der Waals surface area contributed by atoms with E-state index in [0.29, 0.717) is 37.7 Å². The molecule has 126 valence electrons. The number of hydrogen-bond acceptors (Lipinski definition) is 7. The molecule has 0 saturated carbocycles. The minimum Gasteiger partial charge on any atom is -0.465 e. The maximum absolute atomic E-state index is 12.0. The number of methoxy groups -OCH3 is 1. The zero-order valence-corrected chi connectivity index (χ0v) is 13.9. The molecule has 1 aliphatic rings. The lowest BCUT2D eigenvalue weighted by Gasteiger charge is -2.35. The van der Waals surface area contributed by atoms with E-state index in [4.69, 9.17) is 4.74 Å². The number of carbonyl (C=O) groups is 2. The standard InChI is InChI=1S/C15H22N4O4/c1-15(2,3)23-14(21)19-7-5-18(6-8-19)13-16-9-11(10-17-13)12(20)22-4/h9-10H,5-8H2,1-4H3. The molecule has 1 aromatic rings. The van der Waals surface area contributed by atoms with Crippen molar-refractivity contribution in [3.63, 3.8) is 0 Å². The Kier molecular flexibility index (Phi) is 5.02. The SMILES string of the molecule is COC(=O)c1cnc(N2CCN(C(=O)OC(C)(C)C)CC2)nc1. The average Bonchev–Trinajstić information content (AvgIpc) is 2.53. The van der Waals surface area contributed by atoms with E-state index in [-0.39, 0.29) is 6.09 Å². The van der Waals surface area contributed by atoms with Crippen LogP contribution < -0.4 is 4.90 Å². The maximum Gasteiger partial charge on any atom is 0.410 e. The highest BCUT2D eigenvalue weighted by Crippen LogP contribution is 2.14. The van der Waals surface area contributed by atoms with Gasteiger partial charge in [-0.15, -0.1) is 0 Å². The van der Waals surface area contributed by atoms with Gasteiger partial charge in [0.05, 0.1) is 12.7 Å². The molecule has 0 bridgehead atoms. The number of nitrogens with zero attached hydrogens (tertiary/aromatic N) is 4. The Morgan fingerprint density at radius 1 is 1.09 bits per heavy atom. The predicted octanol–water partition coefficient (Wildman–Crippen LogP) is 1.32. The fraction of sp³-hybridized carbons (Fsp3) is 0.600. The van der Waals surface area contributed by atoms with Gasteiger partial charge in [-0.1, -0.05) is 0 Å². The minimum absolute atomic E-state index is 0.306. The van der Waals surface area contributed by atoms with Gasteiger partial charge >= 0.3 is 12.1 Å². The molecule has 0 aromatic carbocycles. The number of ether oxygens (including phenoxy) is 2. The first-order valence-electron chi connectivity index (χ1n) is 7.43. The molecule has 1 fully saturated rings. The van der Waals surface area contributed by atoms with Gasteiger partial charge in [0.1, 0.15) is 5.60 Å². The molecule has 1 aromatic heterocycles. The van der Waals surface area contributed by atoms with E-state index in [2.05, 4.69) is 14.7 Å². The molecule has 1 aliphatic heterocycles. The average molecular weight is 322 g/mol. The van der Waals surface area contributed by atoms with E-state index < -0.39 is 11.6 Å². The third-order valence-corrected chi connectivity index (χ3v) is 3.27. The van der Waals surface area contributed by atoms with Crippen LogP contribution in [-0.4, -0.2) is 65.8 Å². The molecular formula is C15H22N4O4. The third kappa shape index (κ3) is 4.54. The van der Waals surface area contributed by atoms with Crippen LogP contribution in [0.1, 0.15) is 31.1 Å². The second kappa shape index (κ2) is 6.80. The summed E-state index contributed by atoms with van der Waals surface area (Å²) in [7, 11) is 1.31. The lowest BCUT2D eigenvalue weighted by Crippen LogP contribution is -2.50. The topological polar surface area (TPSA) is 84.9 Å². The van der Waals surface area contributed by atoms with Crippen LogP contribution in [0.2, 0.25) is 0 Å². The number of hydrogen-bond donors (Lipinski definition) is 0. The van der Waals surface area contributed by atoms with Gasteiger partial charge in [-0.25, -0.2) is 19.6 Å². The molecule has 2 heterocycles. The summed E-state index contributed by atoms with van der Waals surface area (Å²) in [4.78, 5) is 35.4. The van der Waals surface area contributed by atoms with Crippen LogP contribution in [0.15, 0.2) is 12.4 Å². The van der Waals surface area contributed by atoms with Crippen molar-refractivity contribution in [2.75, 3.05) is 38.2 Å². The van der Waals surface area contributed by atoms with Gasteiger partial charge in [0.15, 0.2) is 0 Å². The number of rotatable bonds is 2. The van der Waals surface area contributed by atoms with Gasteiger partial charge in [-0.3, -0.25) is 0 Å². The van der Waals surface area contributed by atoms with Crippen LogP contribution in [0.4, 0.5) is 10.7 Å². The van der Waals surface area contributed by atoms with Gasteiger partial charge in [0.25, 0.3) is 0 Å². The summed E-state index contributed by atoms with van der Waals surface area (Å²) in [6.07, 6.45) is 2.57. The van der Waals surface area contributed by atoms with Crippen molar-refractivity contribution in [1.29, 1.82) is 0 Å². The number of amides is 1. The summed E-state index contributed by atoms with van der Waals surface area (Å²) in [6.45, 7) is 7.83. The van der Waals surface area contributed by atoms with Crippen LogP contribution in [0.5, 0.6) is 0 Å². The number of esters is 1. The first kappa shape index (κ1) is 17.0. The normalized spacial score (nSPS) is 15.3. The van der Waals surface area contributed by atoms with Crippen molar-refractivity contribution in [1.82, 2.24) is 14.9 Å². The summed E-state index contributed by atoms with van der Waals surface area (Å²) in [5.74, 6) is 0.0628. The summed E-state index contributed by atoms with van der Waals surface area (Å²) in [5.41, 5.74) is -0.190. The third-order valence-electron chi connectivity index (χ3n) is 3.27. The molecule has 1 saturated heterocycles. The number of anilines is 1. The molecule has 0 spiro atoms. The first-order valence-corrected chi connectivity index (χ1v) is 7.43. The second-order valence-corrected chi connectivity index (χ2v) is 6.22. The summed E-state index contributed by atoms with van der Waals surface area (Å²) in [6, 6.07) is 0. The number of carbonyl (C=O) groups excluding carboxylic acids is 2. The smallest absolute Gasteiger partial charge is 0.410 e. The zero-order chi connectivity index (χ0) is 17.0. The van der Waals surface area contributed by atoms with Crippen molar-refractivity contribution >= 4 is 18.0 Å². The molecule has 0 aliphatic carbocycles. The lowest BCUT2D eigenvalue weighted by atomic mass is 10.2. The Morgan fingerprint density at radius 3 is 2.13 bits per heavy atom. The van der Waals surface area contributed by atoms with Crippen molar-refractivity contribution in [2.24, 2.45) is 0 Å². The second-order valence-electron chi connectivity index (χ2n) is 6.22. The van der Waals surface area contributed by atoms with Crippen molar-refractivity contribution in [3.8, 4) is 0 Å². The van der Waals surface area contributed by atoms with Gasteiger partial charge in [0.2, 0.25) is 5.95 Å². The van der Waals surface area contributed by atoms with Crippen molar-refractivity contribution in [2.45, 2.75) is 26.4 Å². The quantitative estimate of drug-likeness (QED) is 0.759. The lowest BCUT2D eigenvalue weighted by molar-refractivity contribution is 0.0239. The molecule has 8 nitrogen and oxygen atoms in total. The molecular weight excluding hydrogens is 300 g/mol. The summed E-state index contributed by atoms with van der Waals surface area (Å²) >= 11 is 0.